The highest BCUT2D eigenvalue weighted by molar-refractivity contribution is 6.06. The molecule has 12 rings (SSSR count). The number of hydrogen-bond acceptors (Lipinski definition) is 3. The van der Waals surface area contributed by atoms with Crippen molar-refractivity contribution in [2.75, 3.05) is 0 Å². The molecule has 300 valence electrons. The van der Waals surface area contributed by atoms with Crippen LogP contribution >= 0.6 is 0 Å². The highest BCUT2D eigenvalue weighted by Crippen LogP contribution is 2.67. The standard InChI is InChI=1S/C55H60N4/c1-31-22-23-44-48(26-31)59(49-29-36-27-34(4)45(49)28-36)55(6)51(44)41-16-8-7-15-40(41)50-43-18-10-12-21-47(43)58(53(50)55)38-25-32(2)24-37(30-38)54-56-46-20-11-9-17-42(46)52(57-54)39-19-13-14-33(3)35(39)5/h7-13,15-23,25,30-36,39,45-46,49,51H,14,24,26-29H2,1-6H3,(H,56,57). The van der Waals surface area contributed by atoms with Crippen LogP contribution in [-0.2, 0) is 5.54 Å². The number of fused-ring (bicyclic) bond motifs is 12. The molecular weight excluding hydrogens is 717 g/mol. The van der Waals surface area contributed by atoms with Gasteiger partial charge in [-0.05, 0) is 121 Å². The zero-order valence-electron chi connectivity index (χ0n) is 35.8. The summed E-state index contributed by atoms with van der Waals surface area (Å²) >= 11 is 0. The zero-order valence-corrected chi connectivity index (χ0v) is 35.8. The largest absolute Gasteiger partial charge is 0.359 e. The average molecular weight is 777 g/mol. The Hall–Kier alpha value is -4.83. The Morgan fingerprint density at radius 2 is 1.66 bits per heavy atom. The van der Waals surface area contributed by atoms with Gasteiger partial charge in [-0.15, -0.1) is 0 Å². The molecule has 7 aliphatic carbocycles. The molecular formula is C55H60N4. The third-order valence-corrected chi connectivity index (χ3v) is 16.8. The van der Waals surface area contributed by atoms with Crippen molar-refractivity contribution in [3.05, 3.63) is 149 Å². The van der Waals surface area contributed by atoms with Gasteiger partial charge in [-0.3, -0.25) is 4.99 Å². The number of para-hydroxylation sites is 1. The monoisotopic (exact) mass is 776 g/mol. The molecule has 2 bridgehead atoms. The fraction of sp³-hybridized carbons (Fsp3) is 0.436. The molecule has 59 heavy (non-hydrogen) atoms. The van der Waals surface area contributed by atoms with Crippen molar-refractivity contribution in [2.24, 2.45) is 52.3 Å². The third-order valence-electron chi connectivity index (χ3n) is 16.8. The summed E-state index contributed by atoms with van der Waals surface area (Å²) in [7, 11) is 0. The maximum absolute atomic E-state index is 5.52. The third kappa shape index (κ3) is 5.10. The number of hydrogen-bond donors (Lipinski definition) is 1. The van der Waals surface area contributed by atoms with Crippen molar-refractivity contribution in [3.63, 3.8) is 0 Å². The van der Waals surface area contributed by atoms with Gasteiger partial charge in [0.2, 0.25) is 0 Å². The Kier molecular flexibility index (Phi) is 8.00. The molecule has 2 aliphatic heterocycles. The van der Waals surface area contributed by atoms with E-state index in [-0.39, 0.29) is 17.5 Å². The van der Waals surface area contributed by atoms with Crippen LogP contribution < -0.4 is 5.32 Å². The van der Waals surface area contributed by atoms with Crippen molar-refractivity contribution < 1.29 is 0 Å². The minimum Gasteiger partial charge on any atom is -0.359 e. The van der Waals surface area contributed by atoms with Gasteiger partial charge in [-0.1, -0.05) is 132 Å². The van der Waals surface area contributed by atoms with Crippen molar-refractivity contribution in [3.8, 4) is 11.1 Å². The van der Waals surface area contributed by atoms with Gasteiger partial charge in [0, 0.05) is 51.5 Å². The van der Waals surface area contributed by atoms with Gasteiger partial charge in [0.25, 0.3) is 0 Å². The molecule has 1 N–H and O–H groups in total. The van der Waals surface area contributed by atoms with Crippen molar-refractivity contribution in [2.45, 2.75) is 104 Å². The first-order valence-electron chi connectivity index (χ1n) is 23.2. The predicted octanol–water partition coefficient (Wildman–Crippen LogP) is 12.6. The first-order valence-corrected chi connectivity index (χ1v) is 23.2. The Morgan fingerprint density at radius 1 is 0.814 bits per heavy atom. The lowest BCUT2D eigenvalue weighted by Gasteiger charge is -2.52. The van der Waals surface area contributed by atoms with Gasteiger partial charge in [0.1, 0.15) is 5.84 Å². The quantitative estimate of drug-likeness (QED) is 0.268. The number of allylic oxidation sites excluding steroid dienone is 10. The molecule has 0 saturated heterocycles. The van der Waals surface area contributed by atoms with E-state index in [4.69, 9.17) is 4.99 Å². The summed E-state index contributed by atoms with van der Waals surface area (Å²) in [5.41, 5.74) is 15.4. The minimum absolute atomic E-state index is 0.0370. The molecule has 9 aliphatic rings. The van der Waals surface area contributed by atoms with Crippen LogP contribution in [0.15, 0.2) is 142 Å². The summed E-state index contributed by atoms with van der Waals surface area (Å²) in [5.74, 6) is 6.16. The fourth-order valence-corrected chi connectivity index (χ4v) is 14.1. The number of amidine groups is 1. The van der Waals surface area contributed by atoms with Crippen LogP contribution in [0.5, 0.6) is 0 Å². The maximum atomic E-state index is 5.52. The molecule has 12 unspecified atom stereocenters. The van der Waals surface area contributed by atoms with E-state index in [1.807, 2.05) is 0 Å². The number of nitrogens with one attached hydrogen (secondary N) is 1. The molecule has 3 heterocycles. The van der Waals surface area contributed by atoms with Crippen LogP contribution in [0.1, 0.15) is 97.2 Å². The Labute approximate surface area is 351 Å². The summed E-state index contributed by atoms with van der Waals surface area (Å²) < 4.78 is 2.75. The summed E-state index contributed by atoms with van der Waals surface area (Å²) in [6.45, 7) is 14.9. The van der Waals surface area contributed by atoms with Crippen molar-refractivity contribution >= 4 is 22.4 Å². The average Bonchev–Trinajstić information content (AvgIpc) is 3.98. The Balaban J connectivity index is 1.06. The molecule has 0 amide bonds. The van der Waals surface area contributed by atoms with E-state index in [2.05, 4.69) is 166 Å². The molecule has 3 aromatic rings. The molecule has 2 saturated carbocycles. The van der Waals surface area contributed by atoms with Crippen LogP contribution in [0, 0.1) is 47.3 Å². The normalized spacial score (nSPS) is 37.5. The van der Waals surface area contributed by atoms with E-state index in [1.165, 1.54) is 75.1 Å². The van der Waals surface area contributed by atoms with Gasteiger partial charge in [-0.25, -0.2) is 0 Å². The van der Waals surface area contributed by atoms with Crippen LogP contribution in [0.2, 0.25) is 0 Å². The smallest absolute Gasteiger partial charge is 0.129 e. The lowest BCUT2D eigenvalue weighted by Crippen LogP contribution is -2.53. The van der Waals surface area contributed by atoms with Crippen LogP contribution in [0.25, 0.3) is 27.7 Å². The number of benzene rings is 2. The molecule has 2 aromatic carbocycles. The number of nitrogens with zero attached hydrogens (tertiary/aromatic N) is 3. The molecule has 12 atom stereocenters. The van der Waals surface area contributed by atoms with E-state index in [1.54, 1.807) is 11.3 Å². The lowest BCUT2D eigenvalue weighted by molar-refractivity contribution is 0.0473. The molecule has 0 radical (unpaired) electrons. The highest BCUT2D eigenvalue weighted by atomic mass is 15.3. The molecule has 4 nitrogen and oxygen atoms in total. The molecule has 4 heteroatoms. The van der Waals surface area contributed by atoms with Gasteiger partial charge in [0.15, 0.2) is 0 Å². The number of aromatic nitrogens is 1. The predicted molar refractivity (Wildman–Crippen MR) is 244 cm³/mol. The summed E-state index contributed by atoms with van der Waals surface area (Å²) in [4.78, 5) is 8.61. The van der Waals surface area contributed by atoms with E-state index < -0.39 is 0 Å². The van der Waals surface area contributed by atoms with E-state index >= 15 is 0 Å². The molecule has 0 spiro atoms. The lowest BCUT2D eigenvalue weighted by atomic mass is 9.67. The zero-order chi connectivity index (χ0) is 39.9. The van der Waals surface area contributed by atoms with Crippen LogP contribution in [0.4, 0.5) is 0 Å². The summed E-state index contributed by atoms with van der Waals surface area (Å²) in [5, 5.41) is 5.42. The second-order valence-electron chi connectivity index (χ2n) is 20.5. The fourth-order valence-electron chi connectivity index (χ4n) is 14.1. The Morgan fingerprint density at radius 3 is 2.53 bits per heavy atom. The van der Waals surface area contributed by atoms with E-state index in [0.717, 1.165) is 42.9 Å². The van der Waals surface area contributed by atoms with Crippen LogP contribution in [-0.4, -0.2) is 27.4 Å². The van der Waals surface area contributed by atoms with Crippen LogP contribution in [0.3, 0.4) is 0 Å². The first-order chi connectivity index (χ1) is 28.7. The summed E-state index contributed by atoms with van der Waals surface area (Å²) in [6.07, 6.45) is 31.4. The van der Waals surface area contributed by atoms with E-state index in [0.29, 0.717) is 35.6 Å². The molecule has 1 aromatic heterocycles. The van der Waals surface area contributed by atoms with Gasteiger partial charge < -0.3 is 14.8 Å². The Bertz CT molecular complexity index is 2600. The number of aliphatic imine (C=N–C) groups is 1. The SMILES string of the molecule is CC1C=C(n2c3c(c4ccccc42)-c2ccccc2C2C4=C(CC(C)C=C4)N(C4CC5CC(C)C4C5)C32C)C=C(C2=NC3C=CC=CC3=C(C3C=CCC(C)C3C)N2)C1. The van der Waals surface area contributed by atoms with Gasteiger partial charge in [-0.2, -0.15) is 0 Å². The second kappa shape index (κ2) is 13.1. The number of rotatable bonds is 4. The minimum atomic E-state index is -0.253. The van der Waals surface area contributed by atoms with Gasteiger partial charge in [0.05, 0.1) is 22.8 Å². The van der Waals surface area contributed by atoms with Gasteiger partial charge >= 0.3 is 0 Å². The van der Waals surface area contributed by atoms with Crippen molar-refractivity contribution in [1.82, 2.24) is 14.8 Å². The topological polar surface area (TPSA) is 32.6 Å². The summed E-state index contributed by atoms with van der Waals surface area (Å²) in [6, 6.07) is 19.4. The van der Waals surface area contributed by atoms with Crippen molar-refractivity contribution in [1.29, 1.82) is 0 Å². The first kappa shape index (κ1) is 36.1. The second-order valence-corrected chi connectivity index (χ2v) is 20.5. The molecule has 2 fully saturated rings. The van der Waals surface area contributed by atoms with E-state index in [9.17, 15) is 0 Å². The maximum Gasteiger partial charge on any atom is 0.129 e. The highest BCUT2D eigenvalue weighted by Gasteiger charge is 2.61.